The molecule has 0 radical (unpaired) electrons. The molecule has 0 saturated heterocycles. The average Bonchev–Trinajstić information content (AvgIpc) is 2.86. The molecular weight excluding hydrogens is 358 g/mol. The minimum atomic E-state index is -1.67. The van der Waals surface area contributed by atoms with E-state index >= 15 is 0 Å². The van der Waals surface area contributed by atoms with Crippen LogP contribution >= 0.6 is 0 Å². The molecule has 1 unspecified atom stereocenters. The van der Waals surface area contributed by atoms with Crippen molar-refractivity contribution < 1.29 is 22.2 Å². The molecule has 141 valence electrons. The molecule has 0 spiro atoms. The van der Waals surface area contributed by atoms with E-state index in [2.05, 4.69) is 44.6 Å². The van der Waals surface area contributed by atoms with Crippen LogP contribution in [-0.2, 0) is 22.2 Å². The van der Waals surface area contributed by atoms with Crippen molar-refractivity contribution in [1.82, 2.24) is 3.80 Å². The first kappa shape index (κ1) is 21.2. The van der Waals surface area contributed by atoms with Gasteiger partial charge < -0.3 is 0 Å². The molecule has 0 aromatic carbocycles. The van der Waals surface area contributed by atoms with Gasteiger partial charge in [0, 0.05) is 0 Å². The van der Waals surface area contributed by atoms with Gasteiger partial charge in [-0.1, -0.05) is 0 Å². The third-order valence-corrected chi connectivity index (χ3v) is 17.9. The predicted molar refractivity (Wildman–Crippen MR) is 108 cm³/mol. The van der Waals surface area contributed by atoms with E-state index in [1.807, 2.05) is 0 Å². The fraction of sp³-hybridized carbons (Fsp3) is 0.762. The van der Waals surface area contributed by atoms with Crippen LogP contribution in [0.3, 0.4) is 0 Å². The standard InChI is InChI=1S/C10H19NO.C9H13.C2H7Si.Ti/c11-10(12)9-7-5-3-1-2-4-6-8-9;1-6-5-7(2)9(4)8(6)3;1-3-2;/h9H,1-8H2,(H2,11,12);6H,1-4H3;3H,1-2H3;/q;;;+1/p-1. The van der Waals surface area contributed by atoms with Gasteiger partial charge >= 0.3 is 163 Å². The van der Waals surface area contributed by atoms with E-state index in [9.17, 15) is 4.79 Å². The van der Waals surface area contributed by atoms with Gasteiger partial charge in [0.25, 0.3) is 0 Å². The van der Waals surface area contributed by atoms with Crippen LogP contribution in [-0.4, -0.2) is 12.6 Å². The summed E-state index contributed by atoms with van der Waals surface area (Å²) in [4.78, 5) is 13.1. The van der Waals surface area contributed by atoms with E-state index < -0.39 is 24.0 Å². The summed E-state index contributed by atoms with van der Waals surface area (Å²) in [6.45, 7) is 13.3. The van der Waals surface area contributed by atoms with E-state index in [4.69, 9.17) is 0 Å². The second-order valence-corrected chi connectivity index (χ2v) is 21.1. The summed E-state index contributed by atoms with van der Waals surface area (Å²) in [7, 11) is 0. The molecule has 1 saturated carbocycles. The Hall–Kier alpha value is -0.119. The Balaban J connectivity index is 2.12. The van der Waals surface area contributed by atoms with Crippen LogP contribution < -0.4 is 3.80 Å². The van der Waals surface area contributed by atoms with Crippen molar-refractivity contribution in [3.8, 4) is 0 Å². The number of rotatable bonds is 4. The Kier molecular flexibility index (Phi) is 8.23. The van der Waals surface area contributed by atoms with Crippen molar-refractivity contribution in [3.05, 3.63) is 20.6 Å². The van der Waals surface area contributed by atoms with Gasteiger partial charge in [0.15, 0.2) is 0 Å². The molecule has 2 nitrogen and oxygen atoms in total. The summed E-state index contributed by atoms with van der Waals surface area (Å²) in [6, 6.07) is 0. The summed E-state index contributed by atoms with van der Waals surface area (Å²) in [6.07, 6.45) is 10.1. The minimum absolute atomic E-state index is 0.279. The van der Waals surface area contributed by atoms with Crippen LogP contribution in [0.25, 0.3) is 0 Å². The second kappa shape index (κ2) is 9.71. The molecule has 1 fully saturated rings. The van der Waals surface area contributed by atoms with E-state index in [-0.39, 0.29) is 5.92 Å². The Morgan fingerprint density at radius 3 is 1.92 bits per heavy atom. The van der Waals surface area contributed by atoms with E-state index in [1.165, 1.54) is 55.2 Å². The molecule has 0 aliphatic heterocycles. The maximum atomic E-state index is 13.1. The van der Waals surface area contributed by atoms with Crippen LogP contribution in [0.15, 0.2) is 20.6 Å². The molecule has 1 N–H and O–H groups in total. The topological polar surface area (TPSA) is 29.1 Å². The van der Waals surface area contributed by atoms with Gasteiger partial charge in [0.2, 0.25) is 0 Å². The molecule has 2 aliphatic rings. The first-order valence-electron chi connectivity index (χ1n) is 10.4. The SMILES string of the molecule is CC1=C(C)C(C)[C]([Ti]([NH]C(=O)C2CCCCCCCC2)[SiH](C)C)=C1C. The Labute approximate surface area is 162 Å². The van der Waals surface area contributed by atoms with Crippen molar-refractivity contribution in [3.63, 3.8) is 0 Å². The molecule has 25 heavy (non-hydrogen) atoms. The number of amides is 1. The summed E-state index contributed by atoms with van der Waals surface area (Å²) in [5, 5.41) is 0. The number of allylic oxidation sites excluding steroid dienone is 4. The van der Waals surface area contributed by atoms with Crippen LogP contribution in [0, 0.1) is 11.8 Å². The van der Waals surface area contributed by atoms with Gasteiger partial charge in [-0.2, -0.15) is 0 Å². The van der Waals surface area contributed by atoms with Crippen LogP contribution in [0.5, 0.6) is 0 Å². The quantitative estimate of drug-likeness (QED) is 0.613. The third kappa shape index (κ3) is 5.20. The molecule has 2 aliphatic carbocycles. The number of nitrogens with one attached hydrogen (secondary N) is 1. The maximum absolute atomic E-state index is 13.1. The van der Waals surface area contributed by atoms with Gasteiger partial charge in [-0.3, -0.25) is 0 Å². The average molecular weight is 396 g/mol. The van der Waals surface area contributed by atoms with Crippen molar-refractivity contribution in [2.24, 2.45) is 11.8 Å². The van der Waals surface area contributed by atoms with Crippen LogP contribution in [0.2, 0.25) is 13.1 Å². The Bertz CT molecular complexity index is 542. The fourth-order valence-corrected chi connectivity index (χ4v) is 15.1. The molecule has 0 aromatic heterocycles. The Morgan fingerprint density at radius 2 is 1.48 bits per heavy atom. The van der Waals surface area contributed by atoms with Crippen molar-refractivity contribution in [1.29, 1.82) is 0 Å². The van der Waals surface area contributed by atoms with Crippen molar-refractivity contribution >= 4 is 12.6 Å². The van der Waals surface area contributed by atoms with Crippen LogP contribution in [0.4, 0.5) is 0 Å². The number of hydrogen-bond donors (Lipinski definition) is 1. The molecule has 1 atom stereocenters. The summed E-state index contributed by atoms with van der Waals surface area (Å²) in [5.74, 6) is 1.25. The van der Waals surface area contributed by atoms with Gasteiger partial charge in [-0.25, -0.2) is 0 Å². The first-order chi connectivity index (χ1) is 11.8. The zero-order valence-corrected chi connectivity index (χ0v) is 20.0. The molecule has 0 bridgehead atoms. The summed E-state index contributed by atoms with van der Waals surface area (Å²) in [5.41, 5.74) is 4.53. The summed E-state index contributed by atoms with van der Waals surface area (Å²) < 4.78 is 5.38. The first-order valence-corrected chi connectivity index (χ1v) is 17.6. The third-order valence-electron chi connectivity index (χ3n) is 6.49. The zero-order chi connectivity index (χ0) is 18.6. The molecule has 4 heteroatoms. The Morgan fingerprint density at radius 1 is 0.960 bits per heavy atom. The molecule has 0 aromatic rings. The zero-order valence-electron chi connectivity index (χ0n) is 17.3. The molecular formula is C21H38NOSiTi. The van der Waals surface area contributed by atoms with E-state index in [0.29, 0.717) is 11.8 Å². The van der Waals surface area contributed by atoms with E-state index in [1.54, 1.807) is 3.88 Å². The molecule has 1 amide bonds. The van der Waals surface area contributed by atoms with Crippen molar-refractivity contribution in [2.75, 3.05) is 0 Å². The fourth-order valence-electron chi connectivity index (χ4n) is 4.45. The second-order valence-electron chi connectivity index (χ2n) is 8.52. The number of carbonyl (C=O) groups excluding carboxylic acids is 1. The summed E-state index contributed by atoms with van der Waals surface area (Å²) >= 11 is -1.67. The molecule has 2 rings (SSSR count). The van der Waals surface area contributed by atoms with E-state index in [0.717, 1.165) is 12.8 Å². The van der Waals surface area contributed by atoms with Gasteiger partial charge in [0.05, 0.1) is 0 Å². The van der Waals surface area contributed by atoms with Crippen LogP contribution in [0.1, 0.15) is 79.1 Å². The predicted octanol–water partition coefficient (Wildman–Crippen LogP) is 5.63. The van der Waals surface area contributed by atoms with Gasteiger partial charge in [0.1, 0.15) is 0 Å². The number of hydrogen-bond acceptors (Lipinski definition) is 1. The monoisotopic (exact) mass is 396 g/mol. The normalized spacial score (nSPS) is 23.6. The van der Waals surface area contributed by atoms with Gasteiger partial charge in [-0.15, -0.1) is 0 Å². The number of carbonyl (C=O) groups is 1. The van der Waals surface area contributed by atoms with Gasteiger partial charge in [-0.05, 0) is 0 Å². The van der Waals surface area contributed by atoms with Crippen molar-refractivity contribution in [2.45, 2.75) is 92.2 Å². The molecule has 0 heterocycles.